The van der Waals surface area contributed by atoms with Gasteiger partial charge in [0.25, 0.3) is 0 Å². The zero-order valence-corrected chi connectivity index (χ0v) is 6.00. The van der Waals surface area contributed by atoms with Gasteiger partial charge in [0.15, 0.2) is 5.82 Å². The van der Waals surface area contributed by atoms with Crippen molar-refractivity contribution in [2.45, 2.75) is 26.2 Å². The summed E-state index contributed by atoms with van der Waals surface area (Å²) in [6.07, 6.45) is 3.66. The molecule has 10 heavy (non-hydrogen) atoms. The molecule has 1 aromatic rings. The van der Waals surface area contributed by atoms with E-state index in [4.69, 9.17) is 4.52 Å². The molecule has 2 rings (SSSR count). The molecule has 1 saturated carbocycles. The van der Waals surface area contributed by atoms with Crippen molar-refractivity contribution in [1.29, 1.82) is 0 Å². The van der Waals surface area contributed by atoms with Crippen LogP contribution < -0.4 is 0 Å². The lowest BCUT2D eigenvalue weighted by atomic mass is 10.3. The van der Waals surface area contributed by atoms with Crippen LogP contribution in [0.5, 0.6) is 0 Å². The van der Waals surface area contributed by atoms with Gasteiger partial charge in [0.1, 0.15) is 0 Å². The van der Waals surface area contributed by atoms with Gasteiger partial charge in [-0.25, -0.2) is 0 Å². The van der Waals surface area contributed by atoms with E-state index >= 15 is 0 Å². The lowest BCUT2D eigenvalue weighted by Gasteiger charge is -1.84. The molecular weight excluding hydrogens is 128 g/mol. The highest BCUT2D eigenvalue weighted by molar-refractivity contribution is 4.89. The van der Waals surface area contributed by atoms with Crippen LogP contribution in [-0.4, -0.2) is 10.1 Å². The van der Waals surface area contributed by atoms with E-state index < -0.39 is 0 Å². The molecular formula is C7H10N2O. The van der Waals surface area contributed by atoms with Crippen LogP contribution in [0.2, 0.25) is 0 Å². The molecule has 1 aliphatic carbocycles. The highest BCUT2D eigenvalue weighted by Gasteiger charge is 2.23. The molecule has 54 valence electrons. The first-order chi connectivity index (χ1) is 4.84. The van der Waals surface area contributed by atoms with Crippen LogP contribution >= 0.6 is 0 Å². The Morgan fingerprint density at radius 3 is 2.90 bits per heavy atom. The van der Waals surface area contributed by atoms with Crippen molar-refractivity contribution in [3.63, 3.8) is 0 Å². The number of nitrogens with zero attached hydrogens (tertiary/aromatic N) is 2. The topological polar surface area (TPSA) is 38.9 Å². The van der Waals surface area contributed by atoms with E-state index in [1.165, 1.54) is 12.8 Å². The third kappa shape index (κ3) is 1.17. The standard InChI is InChI=1S/C7H10N2O/c1-5-8-7(10-9-5)4-6-2-3-6/h6H,2-4H2,1H3. The van der Waals surface area contributed by atoms with Crippen molar-refractivity contribution in [3.05, 3.63) is 11.7 Å². The van der Waals surface area contributed by atoms with Crippen molar-refractivity contribution in [3.8, 4) is 0 Å². The highest BCUT2D eigenvalue weighted by atomic mass is 16.5. The first kappa shape index (κ1) is 5.89. The summed E-state index contributed by atoms with van der Waals surface area (Å²) in [5.74, 6) is 2.38. The van der Waals surface area contributed by atoms with Gasteiger partial charge >= 0.3 is 0 Å². The molecule has 0 atom stereocenters. The van der Waals surface area contributed by atoms with E-state index in [2.05, 4.69) is 10.1 Å². The third-order valence-corrected chi connectivity index (χ3v) is 1.73. The summed E-state index contributed by atoms with van der Waals surface area (Å²) in [5, 5.41) is 3.71. The minimum atomic E-state index is 0.746. The van der Waals surface area contributed by atoms with Crippen LogP contribution in [0.4, 0.5) is 0 Å². The van der Waals surface area contributed by atoms with E-state index in [1.54, 1.807) is 0 Å². The summed E-state index contributed by atoms with van der Waals surface area (Å²) in [6, 6.07) is 0. The molecule has 1 aromatic heterocycles. The van der Waals surface area contributed by atoms with Crippen LogP contribution in [0, 0.1) is 12.8 Å². The minimum absolute atomic E-state index is 0.746. The Kier molecular flexibility index (Phi) is 1.22. The highest BCUT2D eigenvalue weighted by Crippen LogP contribution is 2.31. The second-order valence-electron chi connectivity index (χ2n) is 2.88. The molecule has 0 N–H and O–H groups in total. The van der Waals surface area contributed by atoms with Gasteiger partial charge in [-0.05, 0) is 25.7 Å². The molecule has 0 saturated heterocycles. The van der Waals surface area contributed by atoms with E-state index in [1.807, 2.05) is 6.92 Å². The lowest BCUT2D eigenvalue weighted by Crippen LogP contribution is -1.85. The van der Waals surface area contributed by atoms with Gasteiger partial charge < -0.3 is 4.52 Å². The van der Waals surface area contributed by atoms with Gasteiger partial charge in [0, 0.05) is 6.42 Å². The van der Waals surface area contributed by atoms with Gasteiger partial charge in [-0.1, -0.05) is 5.16 Å². The zero-order valence-electron chi connectivity index (χ0n) is 6.00. The molecule has 0 unspecified atom stereocenters. The van der Waals surface area contributed by atoms with E-state index in [9.17, 15) is 0 Å². The second kappa shape index (κ2) is 2.08. The fourth-order valence-electron chi connectivity index (χ4n) is 0.992. The lowest BCUT2D eigenvalue weighted by molar-refractivity contribution is 0.369. The molecule has 0 aliphatic heterocycles. The number of aromatic nitrogens is 2. The molecule has 0 aromatic carbocycles. The quantitative estimate of drug-likeness (QED) is 0.618. The molecule has 1 aliphatic rings. The largest absolute Gasteiger partial charge is 0.339 e. The summed E-state index contributed by atoms with van der Waals surface area (Å²) in [6.45, 7) is 1.85. The average Bonchev–Trinajstić information content (AvgIpc) is 2.59. The second-order valence-corrected chi connectivity index (χ2v) is 2.88. The van der Waals surface area contributed by atoms with E-state index in [0.29, 0.717) is 0 Å². The van der Waals surface area contributed by atoms with Gasteiger partial charge in [-0.2, -0.15) is 4.98 Å². The summed E-state index contributed by atoms with van der Waals surface area (Å²) in [5.41, 5.74) is 0. The maximum atomic E-state index is 4.95. The maximum absolute atomic E-state index is 4.95. The predicted molar refractivity (Wildman–Crippen MR) is 35.5 cm³/mol. The van der Waals surface area contributed by atoms with Gasteiger partial charge in [-0.15, -0.1) is 0 Å². The molecule has 0 spiro atoms. The normalized spacial score (nSPS) is 17.7. The fourth-order valence-corrected chi connectivity index (χ4v) is 0.992. The van der Waals surface area contributed by atoms with Crippen molar-refractivity contribution in [2.75, 3.05) is 0 Å². The number of hydrogen-bond donors (Lipinski definition) is 0. The van der Waals surface area contributed by atoms with Crippen LogP contribution in [0.25, 0.3) is 0 Å². The van der Waals surface area contributed by atoms with Gasteiger partial charge in [0.2, 0.25) is 5.89 Å². The zero-order chi connectivity index (χ0) is 6.97. The Bertz CT molecular complexity index is 227. The maximum Gasteiger partial charge on any atom is 0.226 e. The minimum Gasteiger partial charge on any atom is -0.339 e. The number of rotatable bonds is 2. The molecule has 3 nitrogen and oxygen atoms in total. The number of hydrogen-bond acceptors (Lipinski definition) is 3. The van der Waals surface area contributed by atoms with Crippen LogP contribution in [0.3, 0.4) is 0 Å². The summed E-state index contributed by atoms with van der Waals surface area (Å²) < 4.78 is 4.95. The van der Waals surface area contributed by atoms with E-state index in [0.717, 1.165) is 24.1 Å². The average molecular weight is 138 g/mol. The van der Waals surface area contributed by atoms with Gasteiger partial charge in [-0.3, -0.25) is 0 Å². The Morgan fingerprint density at radius 1 is 1.60 bits per heavy atom. The summed E-state index contributed by atoms with van der Waals surface area (Å²) >= 11 is 0. The number of aryl methyl sites for hydroxylation is 1. The fraction of sp³-hybridized carbons (Fsp3) is 0.714. The van der Waals surface area contributed by atoms with E-state index in [-0.39, 0.29) is 0 Å². The summed E-state index contributed by atoms with van der Waals surface area (Å²) in [4.78, 5) is 4.11. The van der Waals surface area contributed by atoms with Crippen molar-refractivity contribution >= 4 is 0 Å². The third-order valence-electron chi connectivity index (χ3n) is 1.73. The van der Waals surface area contributed by atoms with Crippen LogP contribution in [0.15, 0.2) is 4.52 Å². The first-order valence-corrected chi connectivity index (χ1v) is 3.64. The van der Waals surface area contributed by atoms with Crippen molar-refractivity contribution < 1.29 is 4.52 Å². The molecule has 0 amide bonds. The molecule has 0 radical (unpaired) electrons. The smallest absolute Gasteiger partial charge is 0.226 e. The monoisotopic (exact) mass is 138 g/mol. The molecule has 1 fully saturated rings. The predicted octanol–water partition coefficient (Wildman–Crippen LogP) is 1.33. The molecule has 0 bridgehead atoms. The molecule has 3 heteroatoms. The first-order valence-electron chi connectivity index (χ1n) is 3.64. The summed E-state index contributed by atoms with van der Waals surface area (Å²) in [7, 11) is 0. The van der Waals surface area contributed by atoms with Crippen LogP contribution in [0.1, 0.15) is 24.6 Å². The Hall–Kier alpha value is -0.860. The molecule has 1 heterocycles. The van der Waals surface area contributed by atoms with Crippen molar-refractivity contribution in [1.82, 2.24) is 10.1 Å². The van der Waals surface area contributed by atoms with Crippen LogP contribution in [-0.2, 0) is 6.42 Å². The van der Waals surface area contributed by atoms with Gasteiger partial charge in [0.05, 0.1) is 0 Å². The SMILES string of the molecule is Cc1noc(CC2CC2)n1. The Balaban J connectivity index is 2.03. The Morgan fingerprint density at radius 2 is 2.40 bits per heavy atom. The Labute approximate surface area is 59.4 Å². The van der Waals surface area contributed by atoms with Crippen molar-refractivity contribution in [2.24, 2.45) is 5.92 Å².